The van der Waals surface area contributed by atoms with Crippen LogP contribution in [0.4, 0.5) is 22.7 Å². The van der Waals surface area contributed by atoms with Gasteiger partial charge in [0.15, 0.2) is 8.07 Å². The van der Waals surface area contributed by atoms with Crippen LogP contribution >= 0.6 is 0 Å². The number of para-hydroxylation sites is 1. The summed E-state index contributed by atoms with van der Waals surface area (Å²) in [6, 6.07) is 83.8. The molecule has 0 N–H and O–H groups in total. The van der Waals surface area contributed by atoms with Gasteiger partial charge in [0, 0.05) is 46.0 Å². The molecular weight excluding hydrogens is 1010 g/mol. The maximum Gasteiger partial charge on any atom is 0.179 e. The van der Waals surface area contributed by atoms with Gasteiger partial charge >= 0.3 is 0 Å². The molecule has 0 atom stereocenters. The minimum absolute atomic E-state index is 0.00545. The highest BCUT2D eigenvalue weighted by Crippen LogP contribution is 2.51. The lowest BCUT2D eigenvalue weighted by molar-refractivity contribution is 0.483. The molecule has 410 valence electrons. The van der Waals surface area contributed by atoms with Crippen LogP contribution in [0.15, 0.2) is 231 Å². The molecule has 0 fully saturated rings. The second-order valence-electron chi connectivity index (χ2n) is 26.6. The molecule has 2 aromatic heterocycles. The highest BCUT2D eigenvalue weighted by atomic mass is 28.3. The first-order chi connectivity index (χ1) is 39.2. The average molecular weight is 1090 g/mol. The van der Waals surface area contributed by atoms with Gasteiger partial charge in [0.05, 0.1) is 22.4 Å². The van der Waals surface area contributed by atoms with Crippen molar-refractivity contribution in [2.24, 2.45) is 0 Å². The Bertz CT molecular complexity index is 4030. The van der Waals surface area contributed by atoms with Gasteiger partial charge in [0.25, 0.3) is 0 Å². The topological polar surface area (TPSA) is 33.5 Å². The quantitative estimate of drug-likeness (QED) is 0.101. The summed E-state index contributed by atoms with van der Waals surface area (Å²) in [5.41, 5.74) is 14.1. The molecule has 0 saturated carbocycles. The molecule has 6 heteroatoms. The molecule has 12 rings (SSSR count). The van der Waals surface area contributed by atoms with Crippen LogP contribution in [-0.2, 0) is 21.7 Å². The summed E-state index contributed by atoms with van der Waals surface area (Å²) in [7, 11) is -2.84. The first-order valence-corrected chi connectivity index (χ1v) is 31.1. The largest absolute Gasteiger partial charge is 0.457 e. The van der Waals surface area contributed by atoms with Crippen LogP contribution in [0.25, 0.3) is 38.8 Å². The summed E-state index contributed by atoms with van der Waals surface area (Å²) >= 11 is 0. The summed E-state index contributed by atoms with van der Waals surface area (Å²) in [6.45, 7) is 28.2. The molecular formula is C76H76N4OSi. The zero-order valence-corrected chi connectivity index (χ0v) is 50.8. The predicted molar refractivity (Wildman–Crippen MR) is 351 cm³/mol. The van der Waals surface area contributed by atoms with Crippen molar-refractivity contribution < 1.29 is 4.74 Å². The third kappa shape index (κ3) is 9.91. The summed E-state index contributed by atoms with van der Waals surface area (Å²) in [6.07, 6.45) is 1.95. The number of anilines is 4. The summed E-state index contributed by atoms with van der Waals surface area (Å²) in [5, 5.41) is 7.77. The molecule has 0 saturated heterocycles. The van der Waals surface area contributed by atoms with Crippen LogP contribution in [0.3, 0.4) is 0 Å². The zero-order valence-electron chi connectivity index (χ0n) is 49.8. The third-order valence-electron chi connectivity index (χ3n) is 16.9. The lowest BCUT2D eigenvalue weighted by Gasteiger charge is -2.34. The molecule has 3 heterocycles. The second kappa shape index (κ2) is 20.5. The van der Waals surface area contributed by atoms with Gasteiger partial charge in [-0.2, -0.15) is 0 Å². The molecule has 11 aromatic rings. The standard InChI is InChI=1S/C76H76N4OSi/c1-73(2,3)53-37-40-68-67(47-53)66-39-38-60(50-70(66)80(68)71-48-54(41-42-77-71)74(4,5)6)81-59-27-23-26-57(49-59)78-51-79(58-45-55(75(7,8)9)44-56(46-58)76(10,11)12)72-65(35-24-36-69(72)78)52-25-22-34-64(43-52)82(61-28-16-13-17-29-61,62-30-18-14-19-31-62)63-32-20-15-21-33-63/h13-50H,51H2,1-12H3. The maximum atomic E-state index is 7.01. The van der Waals surface area contributed by atoms with Crippen molar-refractivity contribution in [2.45, 2.75) is 105 Å². The normalized spacial score (nSPS) is 13.3. The van der Waals surface area contributed by atoms with Gasteiger partial charge < -0.3 is 14.5 Å². The van der Waals surface area contributed by atoms with E-state index in [0.29, 0.717) is 6.67 Å². The van der Waals surface area contributed by atoms with E-state index in [1.165, 1.54) is 76.3 Å². The van der Waals surface area contributed by atoms with Gasteiger partial charge in [-0.1, -0.05) is 229 Å². The van der Waals surface area contributed by atoms with E-state index in [9.17, 15) is 0 Å². The Morgan fingerprint density at radius 1 is 0.390 bits per heavy atom. The average Bonchev–Trinajstić information content (AvgIpc) is 2.45. The van der Waals surface area contributed by atoms with Crippen molar-refractivity contribution >= 4 is 73.4 Å². The van der Waals surface area contributed by atoms with E-state index in [-0.39, 0.29) is 21.7 Å². The SMILES string of the molecule is CC(C)(C)c1cc(N2CN(c3cccc(Oc4ccc5c6cc(C(C)(C)C)ccc6n(-c6cc(C(C)(C)C)ccn6)c5c4)c3)c3cccc(-c4cccc([Si](c5ccccc5)(c5ccccc5)c5ccccc5)c4)c32)cc(C(C)(C)C)c1. The summed E-state index contributed by atoms with van der Waals surface area (Å²) in [5.74, 6) is 2.42. The minimum Gasteiger partial charge on any atom is -0.457 e. The second-order valence-corrected chi connectivity index (χ2v) is 30.4. The minimum atomic E-state index is -2.84. The van der Waals surface area contributed by atoms with Gasteiger partial charge in [0.2, 0.25) is 0 Å². The molecule has 0 radical (unpaired) electrons. The Morgan fingerprint density at radius 3 is 1.56 bits per heavy atom. The summed E-state index contributed by atoms with van der Waals surface area (Å²) in [4.78, 5) is 10.0. The molecule has 0 aliphatic carbocycles. The number of hydrogen-bond acceptors (Lipinski definition) is 4. The van der Waals surface area contributed by atoms with Crippen LogP contribution < -0.4 is 35.3 Å². The first-order valence-electron chi connectivity index (χ1n) is 29.1. The first kappa shape index (κ1) is 54.2. The van der Waals surface area contributed by atoms with Gasteiger partial charge in [-0.15, -0.1) is 0 Å². The molecule has 1 aliphatic heterocycles. The van der Waals surface area contributed by atoms with E-state index in [1.54, 1.807) is 0 Å². The van der Waals surface area contributed by atoms with Crippen LogP contribution in [0, 0.1) is 0 Å². The van der Waals surface area contributed by atoms with Crippen molar-refractivity contribution in [2.75, 3.05) is 16.5 Å². The molecule has 1 aliphatic rings. The molecule has 0 amide bonds. The Hall–Kier alpha value is -8.45. The number of benzene rings is 9. The van der Waals surface area contributed by atoms with E-state index in [0.717, 1.165) is 39.7 Å². The molecule has 0 bridgehead atoms. The van der Waals surface area contributed by atoms with Gasteiger partial charge in [-0.25, -0.2) is 4.98 Å². The van der Waals surface area contributed by atoms with E-state index in [1.807, 2.05) is 6.20 Å². The highest BCUT2D eigenvalue weighted by Gasteiger charge is 2.42. The highest BCUT2D eigenvalue weighted by molar-refractivity contribution is 7.19. The maximum absolute atomic E-state index is 7.01. The Morgan fingerprint density at radius 2 is 0.951 bits per heavy atom. The fourth-order valence-corrected chi connectivity index (χ4v) is 17.0. The molecule has 9 aromatic carbocycles. The Kier molecular flexibility index (Phi) is 13.5. The van der Waals surface area contributed by atoms with Crippen molar-refractivity contribution in [3.63, 3.8) is 0 Å². The van der Waals surface area contributed by atoms with E-state index in [4.69, 9.17) is 9.72 Å². The van der Waals surface area contributed by atoms with Crippen molar-refractivity contribution in [1.29, 1.82) is 0 Å². The van der Waals surface area contributed by atoms with Crippen molar-refractivity contribution in [3.05, 3.63) is 253 Å². The van der Waals surface area contributed by atoms with E-state index in [2.05, 4.69) is 322 Å². The lowest BCUT2D eigenvalue weighted by Crippen LogP contribution is -2.74. The van der Waals surface area contributed by atoms with Gasteiger partial charge in [0.1, 0.15) is 24.0 Å². The monoisotopic (exact) mass is 1090 g/mol. The predicted octanol–water partition coefficient (Wildman–Crippen LogP) is 17.5. The van der Waals surface area contributed by atoms with Gasteiger partial charge in [-0.05, 0) is 137 Å². The third-order valence-corrected chi connectivity index (χ3v) is 21.6. The Balaban J connectivity index is 1.00. The molecule has 5 nitrogen and oxygen atoms in total. The summed E-state index contributed by atoms with van der Waals surface area (Å²) < 4.78 is 9.32. The molecule has 82 heavy (non-hydrogen) atoms. The lowest BCUT2D eigenvalue weighted by atomic mass is 9.80. The van der Waals surface area contributed by atoms with Crippen LogP contribution in [0.5, 0.6) is 11.5 Å². The number of aromatic nitrogens is 2. The number of hydrogen-bond donors (Lipinski definition) is 0. The van der Waals surface area contributed by atoms with Crippen LogP contribution in [0.1, 0.15) is 105 Å². The Labute approximate surface area is 487 Å². The number of pyridine rings is 1. The number of fused-ring (bicyclic) bond motifs is 4. The van der Waals surface area contributed by atoms with Crippen LogP contribution in [-0.4, -0.2) is 24.3 Å². The number of ether oxygens (including phenoxy) is 1. The zero-order chi connectivity index (χ0) is 57.3. The molecule has 0 spiro atoms. The number of rotatable bonds is 10. The fraction of sp³-hybridized carbons (Fsp3) is 0.224. The van der Waals surface area contributed by atoms with Crippen LogP contribution in [0.2, 0.25) is 0 Å². The van der Waals surface area contributed by atoms with Crippen molar-refractivity contribution in [3.8, 4) is 28.4 Å². The smallest absolute Gasteiger partial charge is 0.179 e. The fourth-order valence-electron chi connectivity index (χ4n) is 12.2. The molecule has 0 unspecified atom stereocenters. The van der Waals surface area contributed by atoms with E-state index < -0.39 is 8.07 Å². The number of nitrogens with zero attached hydrogens (tertiary/aromatic N) is 4. The van der Waals surface area contributed by atoms with E-state index >= 15 is 0 Å². The van der Waals surface area contributed by atoms with Gasteiger partial charge in [-0.3, -0.25) is 4.57 Å². The van der Waals surface area contributed by atoms with Crippen molar-refractivity contribution in [1.82, 2.24) is 9.55 Å².